The number of piperidine rings is 1. The lowest BCUT2D eigenvalue weighted by Crippen LogP contribution is -2.49. The van der Waals surface area contributed by atoms with Crippen LogP contribution in [-0.4, -0.2) is 46.2 Å². The Morgan fingerprint density at radius 1 is 1.57 bits per heavy atom. The Bertz CT molecular complexity index is 514. The summed E-state index contributed by atoms with van der Waals surface area (Å²) in [4.78, 5) is 25.1. The number of aromatic nitrogens is 1. The van der Waals surface area contributed by atoms with Gasteiger partial charge in [0, 0.05) is 19.0 Å². The van der Waals surface area contributed by atoms with E-state index in [9.17, 15) is 14.7 Å². The van der Waals surface area contributed by atoms with Crippen LogP contribution in [-0.2, 0) is 9.59 Å². The van der Waals surface area contributed by atoms with Crippen LogP contribution in [0.25, 0.3) is 0 Å². The van der Waals surface area contributed by atoms with Crippen LogP contribution in [0.1, 0.15) is 31.9 Å². The molecule has 1 fully saturated rings. The third-order valence-corrected chi connectivity index (χ3v) is 3.81. The van der Waals surface area contributed by atoms with Gasteiger partial charge in [-0.1, -0.05) is 12.1 Å². The summed E-state index contributed by atoms with van der Waals surface area (Å²) >= 11 is 0. The van der Waals surface area contributed by atoms with Crippen LogP contribution in [0, 0.1) is 12.8 Å². The first-order chi connectivity index (χ1) is 9.97. The third kappa shape index (κ3) is 4.04. The number of anilines is 1. The number of hydrogen-bond donors (Lipinski definition) is 2. The maximum Gasteiger partial charge on any atom is 0.321 e. The number of rotatable bonds is 5. The van der Waals surface area contributed by atoms with E-state index in [4.69, 9.17) is 4.52 Å². The molecule has 2 heterocycles. The van der Waals surface area contributed by atoms with E-state index >= 15 is 0 Å². The molecule has 0 spiro atoms. The zero-order chi connectivity index (χ0) is 15.4. The standard InChI is InChI=1S/C14H21N3O4/c1-9-4-3-6-17(13(9)14(19)20)7-5-12(18)15-11-8-10(2)21-16-11/h8-9,13H,3-7H2,1-2H3,(H,19,20)(H,15,16,18). The van der Waals surface area contributed by atoms with Crippen LogP contribution in [0.5, 0.6) is 0 Å². The molecule has 7 nitrogen and oxygen atoms in total. The summed E-state index contributed by atoms with van der Waals surface area (Å²) in [5.41, 5.74) is 0. The van der Waals surface area contributed by atoms with E-state index in [2.05, 4.69) is 10.5 Å². The van der Waals surface area contributed by atoms with Gasteiger partial charge in [-0.05, 0) is 32.2 Å². The van der Waals surface area contributed by atoms with Crippen LogP contribution >= 0.6 is 0 Å². The summed E-state index contributed by atoms with van der Waals surface area (Å²) in [7, 11) is 0. The van der Waals surface area contributed by atoms with Gasteiger partial charge in [-0.15, -0.1) is 0 Å². The summed E-state index contributed by atoms with van der Waals surface area (Å²) in [6, 6.07) is 1.14. The van der Waals surface area contributed by atoms with Gasteiger partial charge in [0.25, 0.3) is 0 Å². The smallest absolute Gasteiger partial charge is 0.321 e. The highest BCUT2D eigenvalue weighted by molar-refractivity contribution is 5.89. The van der Waals surface area contributed by atoms with Crippen LogP contribution in [0.15, 0.2) is 10.6 Å². The molecule has 0 aromatic carbocycles. The van der Waals surface area contributed by atoms with Crippen LogP contribution in [0.2, 0.25) is 0 Å². The van der Waals surface area contributed by atoms with Crippen LogP contribution in [0.4, 0.5) is 5.82 Å². The zero-order valence-electron chi connectivity index (χ0n) is 12.3. The molecule has 7 heteroatoms. The summed E-state index contributed by atoms with van der Waals surface area (Å²) in [6.07, 6.45) is 2.12. The minimum absolute atomic E-state index is 0.109. The van der Waals surface area contributed by atoms with Gasteiger partial charge >= 0.3 is 5.97 Å². The predicted octanol–water partition coefficient (Wildman–Crippen LogP) is 1.50. The molecule has 2 N–H and O–H groups in total. The second-order valence-corrected chi connectivity index (χ2v) is 5.56. The third-order valence-electron chi connectivity index (χ3n) is 3.81. The Balaban J connectivity index is 1.86. The van der Waals surface area contributed by atoms with Crippen molar-refractivity contribution >= 4 is 17.7 Å². The van der Waals surface area contributed by atoms with Crippen LogP contribution < -0.4 is 5.32 Å². The van der Waals surface area contributed by atoms with Crippen molar-refractivity contribution in [3.8, 4) is 0 Å². The fourth-order valence-electron chi connectivity index (χ4n) is 2.80. The predicted molar refractivity (Wildman–Crippen MR) is 75.9 cm³/mol. The molecule has 0 bridgehead atoms. The second-order valence-electron chi connectivity index (χ2n) is 5.56. The van der Waals surface area contributed by atoms with Gasteiger partial charge in [0.2, 0.25) is 5.91 Å². The number of aliphatic carboxylic acids is 1. The van der Waals surface area contributed by atoms with E-state index in [0.29, 0.717) is 18.1 Å². The number of carboxylic acid groups (broad SMARTS) is 1. The van der Waals surface area contributed by atoms with Gasteiger partial charge in [-0.2, -0.15) is 0 Å². The molecule has 116 valence electrons. The Kier molecular flexibility index (Phi) is 4.95. The number of amides is 1. The van der Waals surface area contributed by atoms with E-state index in [1.54, 1.807) is 13.0 Å². The van der Waals surface area contributed by atoms with Crippen LogP contribution in [0.3, 0.4) is 0 Å². The first kappa shape index (κ1) is 15.5. The van der Waals surface area contributed by atoms with Crippen molar-refractivity contribution in [1.82, 2.24) is 10.1 Å². The lowest BCUT2D eigenvalue weighted by molar-refractivity contribution is -0.147. The average molecular weight is 295 g/mol. The van der Waals surface area contributed by atoms with Gasteiger partial charge in [0.1, 0.15) is 11.8 Å². The minimum Gasteiger partial charge on any atom is -0.480 e. The van der Waals surface area contributed by atoms with Crippen molar-refractivity contribution in [2.75, 3.05) is 18.4 Å². The van der Waals surface area contributed by atoms with E-state index < -0.39 is 12.0 Å². The fraction of sp³-hybridized carbons (Fsp3) is 0.643. The van der Waals surface area contributed by atoms with E-state index in [0.717, 1.165) is 19.4 Å². The molecule has 1 aromatic rings. The zero-order valence-corrected chi connectivity index (χ0v) is 12.3. The summed E-state index contributed by atoms with van der Waals surface area (Å²) < 4.78 is 4.87. The molecule has 1 aromatic heterocycles. The Morgan fingerprint density at radius 2 is 2.33 bits per heavy atom. The average Bonchev–Trinajstić information content (AvgIpc) is 2.81. The molecule has 2 atom stereocenters. The van der Waals surface area contributed by atoms with Crippen molar-refractivity contribution in [2.24, 2.45) is 5.92 Å². The van der Waals surface area contributed by atoms with Crippen molar-refractivity contribution in [1.29, 1.82) is 0 Å². The minimum atomic E-state index is -0.810. The lowest BCUT2D eigenvalue weighted by Gasteiger charge is -2.37. The molecule has 1 saturated heterocycles. The number of nitrogens with one attached hydrogen (secondary N) is 1. The molecule has 2 rings (SSSR count). The molecular formula is C14H21N3O4. The van der Waals surface area contributed by atoms with E-state index in [-0.39, 0.29) is 18.2 Å². The topological polar surface area (TPSA) is 95.7 Å². The van der Waals surface area contributed by atoms with E-state index in [1.807, 2.05) is 11.8 Å². The highest BCUT2D eigenvalue weighted by Gasteiger charge is 2.34. The molecule has 1 amide bonds. The van der Waals surface area contributed by atoms with Crippen molar-refractivity contribution in [3.05, 3.63) is 11.8 Å². The molecule has 0 saturated carbocycles. The van der Waals surface area contributed by atoms with Crippen molar-refractivity contribution in [3.63, 3.8) is 0 Å². The van der Waals surface area contributed by atoms with E-state index in [1.165, 1.54) is 0 Å². The largest absolute Gasteiger partial charge is 0.480 e. The maximum atomic E-state index is 11.9. The second kappa shape index (κ2) is 6.71. The van der Waals surface area contributed by atoms with Gasteiger partial charge < -0.3 is 14.9 Å². The highest BCUT2D eigenvalue weighted by atomic mass is 16.5. The molecule has 1 aliphatic rings. The molecule has 21 heavy (non-hydrogen) atoms. The van der Waals surface area contributed by atoms with Crippen molar-refractivity contribution < 1.29 is 19.2 Å². The fourth-order valence-corrected chi connectivity index (χ4v) is 2.80. The molecule has 2 unspecified atom stereocenters. The Morgan fingerprint density at radius 3 is 2.95 bits per heavy atom. The number of hydrogen-bond acceptors (Lipinski definition) is 5. The molecule has 0 radical (unpaired) electrons. The Labute approximate surface area is 123 Å². The normalized spacial score (nSPS) is 23.0. The number of aryl methyl sites for hydroxylation is 1. The number of nitrogens with zero attached hydrogens (tertiary/aromatic N) is 2. The summed E-state index contributed by atoms with van der Waals surface area (Å²) in [5.74, 6) is 0.123. The van der Waals surface area contributed by atoms with Gasteiger partial charge in [-0.3, -0.25) is 14.5 Å². The quantitative estimate of drug-likeness (QED) is 0.854. The molecule has 1 aliphatic heterocycles. The number of carboxylic acids is 1. The van der Waals surface area contributed by atoms with Gasteiger partial charge in [0.15, 0.2) is 5.82 Å². The number of likely N-dealkylation sites (tertiary alicyclic amines) is 1. The number of carbonyl (C=O) groups excluding carboxylic acids is 1. The summed E-state index contributed by atoms with van der Waals surface area (Å²) in [5, 5.41) is 15.6. The SMILES string of the molecule is Cc1cc(NC(=O)CCN2CCCC(C)C2C(=O)O)no1. The Hall–Kier alpha value is -1.89. The molecular weight excluding hydrogens is 274 g/mol. The van der Waals surface area contributed by atoms with Gasteiger partial charge in [-0.25, -0.2) is 0 Å². The summed E-state index contributed by atoms with van der Waals surface area (Å²) in [6.45, 7) is 4.85. The van der Waals surface area contributed by atoms with Crippen molar-refractivity contribution in [2.45, 2.75) is 39.2 Å². The highest BCUT2D eigenvalue weighted by Crippen LogP contribution is 2.23. The maximum absolute atomic E-state index is 11.9. The number of carbonyl (C=O) groups is 2. The molecule has 0 aliphatic carbocycles. The first-order valence-electron chi connectivity index (χ1n) is 7.17. The lowest BCUT2D eigenvalue weighted by atomic mass is 9.90. The monoisotopic (exact) mass is 295 g/mol. The van der Waals surface area contributed by atoms with Gasteiger partial charge in [0.05, 0.1) is 0 Å². The first-order valence-corrected chi connectivity index (χ1v) is 7.17.